The first kappa shape index (κ1) is 21.3. The summed E-state index contributed by atoms with van der Waals surface area (Å²) in [4.78, 5) is 21.8. The summed E-state index contributed by atoms with van der Waals surface area (Å²) in [6.07, 6.45) is 4.26. The molecule has 164 valence electrons. The Hall–Kier alpha value is -2.93. The van der Waals surface area contributed by atoms with E-state index in [0.29, 0.717) is 6.42 Å². The Balaban J connectivity index is 1.30. The number of amides is 1. The summed E-state index contributed by atoms with van der Waals surface area (Å²) in [5.74, 6) is 1.09. The monoisotopic (exact) mass is 421 g/mol. The molecule has 0 bridgehead atoms. The molecular weight excluding hydrogens is 390 g/mol. The van der Waals surface area contributed by atoms with Gasteiger partial charge in [0.05, 0.1) is 12.8 Å². The van der Waals surface area contributed by atoms with E-state index >= 15 is 0 Å². The predicted octanol–water partition coefficient (Wildman–Crippen LogP) is 2.95. The van der Waals surface area contributed by atoms with Crippen molar-refractivity contribution in [2.75, 3.05) is 33.3 Å². The lowest BCUT2D eigenvalue weighted by atomic mass is 10.1. The molecule has 0 saturated carbocycles. The smallest absolute Gasteiger partial charge is 0.222 e. The average Bonchev–Trinajstić information content (AvgIpc) is 2.94. The number of carbonyl (C=O) groups is 1. The van der Waals surface area contributed by atoms with Crippen LogP contribution in [-0.2, 0) is 24.8 Å². The van der Waals surface area contributed by atoms with Gasteiger partial charge in [-0.25, -0.2) is 4.98 Å². The number of hydrogen-bond acceptors (Lipinski definition) is 5. The van der Waals surface area contributed by atoms with Crippen LogP contribution >= 0.6 is 0 Å². The van der Waals surface area contributed by atoms with Crippen LogP contribution in [0.4, 0.5) is 0 Å². The highest BCUT2D eigenvalue weighted by Gasteiger charge is 2.19. The molecule has 31 heavy (non-hydrogen) atoms. The molecule has 7 heteroatoms. The van der Waals surface area contributed by atoms with Gasteiger partial charge < -0.3 is 9.64 Å². The summed E-state index contributed by atoms with van der Waals surface area (Å²) in [5.41, 5.74) is 4.30. The van der Waals surface area contributed by atoms with Gasteiger partial charge in [0.2, 0.25) is 5.91 Å². The molecule has 1 aliphatic rings. The number of hydrogen-bond donors (Lipinski definition) is 0. The zero-order chi connectivity index (χ0) is 21.8. The lowest BCUT2D eigenvalue weighted by Crippen LogP contribution is -2.35. The van der Waals surface area contributed by atoms with Gasteiger partial charge in [-0.3, -0.25) is 14.4 Å². The van der Waals surface area contributed by atoms with Gasteiger partial charge in [-0.2, -0.15) is 5.10 Å². The van der Waals surface area contributed by atoms with Crippen LogP contribution in [0.1, 0.15) is 29.7 Å². The second kappa shape index (κ2) is 9.47. The number of aromatic nitrogens is 3. The maximum atomic E-state index is 12.8. The summed E-state index contributed by atoms with van der Waals surface area (Å²) in [7, 11) is 3.59. The van der Waals surface area contributed by atoms with Crippen molar-refractivity contribution in [3.05, 3.63) is 53.3 Å². The number of nitrogens with zero attached hydrogens (tertiary/aromatic N) is 5. The van der Waals surface area contributed by atoms with Crippen molar-refractivity contribution < 1.29 is 9.53 Å². The van der Waals surface area contributed by atoms with Crippen LogP contribution in [0.2, 0.25) is 0 Å². The van der Waals surface area contributed by atoms with E-state index in [4.69, 9.17) is 4.74 Å². The molecule has 0 atom stereocenters. The molecule has 4 rings (SSSR count). The second-order valence-electron chi connectivity index (χ2n) is 8.28. The number of methoxy groups -OCH3 is 1. The van der Waals surface area contributed by atoms with E-state index < -0.39 is 0 Å². The summed E-state index contributed by atoms with van der Waals surface area (Å²) in [6.45, 7) is 6.37. The predicted molar refractivity (Wildman–Crippen MR) is 121 cm³/mol. The van der Waals surface area contributed by atoms with Gasteiger partial charge in [-0.15, -0.1) is 0 Å². The fourth-order valence-electron chi connectivity index (χ4n) is 4.28. The van der Waals surface area contributed by atoms with Crippen LogP contribution in [0.15, 0.2) is 36.5 Å². The highest BCUT2D eigenvalue weighted by atomic mass is 16.5. The standard InChI is InChI=1S/C24H31N5O2/c1-18-22-15-20(16-25-24(22)27(2)26-18)17-28-11-4-12-29(14-13-28)23(30)10-7-19-5-8-21(31-3)9-6-19/h5-6,8-9,15-16H,4,7,10-14,17H2,1-3H3. The quantitative estimate of drug-likeness (QED) is 0.612. The summed E-state index contributed by atoms with van der Waals surface area (Å²) >= 11 is 0. The molecule has 1 aromatic carbocycles. The van der Waals surface area contributed by atoms with Crippen molar-refractivity contribution in [1.29, 1.82) is 0 Å². The number of benzene rings is 1. The van der Waals surface area contributed by atoms with E-state index in [1.165, 1.54) is 11.1 Å². The molecule has 1 fully saturated rings. The minimum Gasteiger partial charge on any atom is -0.497 e. The summed E-state index contributed by atoms with van der Waals surface area (Å²) in [6, 6.07) is 10.2. The van der Waals surface area contributed by atoms with Gasteiger partial charge in [0.15, 0.2) is 5.65 Å². The Bertz CT molecular complexity index is 1040. The lowest BCUT2D eigenvalue weighted by Gasteiger charge is -2.22. The third-order valence-electron chi connectivity index (χ3n) is 6.05. The molecule has 0 N–H and O–H groups in total. The third kappa shape index (κ3) is 5.05. The minimum atomic E-state index is 0.242. The number of carbonyl (C=O) groups excluding carboxylic acids is 1. The SMILES string of the molecule is COc1ccc(CCC(=O)N2CCCN(Cc3cnc4c(c3)c(C)nn4C)CC2)cc1. The topological polar surface area (TPSA) is 63.5 Å². The van der Waals surface area contributed by atoms with Crippen molar-refractivity contribution in [2.45, 2.75) is 32.7 Å². The van der Waals surface area contributed by atoms with E-state index in [1.54, 1.807) is 7.11 Å². The van der Waals surface area contributed by atoms with Crippen LogP contribution in [0.5, 0.6) is 5.75 Å². The molecule has 0 aliphatic carbocycles. The highest BCUT2D eigenvalue weighted by molar-refractivity contribution is 5.78. The Labute approximate surface area is 183 Å². The number of rotatable bonds is 6. The minimum absolute atomic E-state index is 0.242. The molecule has 0 unspecified atom stereocenters. The Kier molecular flexibility index (Phi) is 6.51. The summed E-state index contributed by atoms with van der Waals surface area (Å²) in [5, 5.41) is 5.58. The van der Waals surface area contributed by atoms with Crippen LogP contribution in [0.25, 0.3) is 11.0 Å². The molecule has 3 aromatic rings. The summed E-state index contributed by atoms with van der Waals surface area (Å²) < 4.78 is 7.03. The number of fused-ring (bicyclic) bond motifs is 1. The maximum absolute atomic E-state index is 12.8. The van der Waals surface area contributed by atoms with Gasteiger partial charge in [0.25, 0.3) is 0 Å². The van der Waals surface area contributed by atoms with Gasteiger partial charge in [0.1, 0.15) is 5.75 Å². The van der Waals surface area contributed by atoms with Crippen molar-refractivity contribution in [3.63, 3.8) is 0 Å². The second-order valence-corrected chi connectivity index (χ2v) is 8.28. The molecule has 3 heterocycles. The zero-order valence-electron chi connectivity index (χ0n) is 18.7. The highest BCUT2D eigenvalue weighted by Crippen LogP contribution is 2.18. The fourth-order valence-corrected chi connectivity index (χ4v) is 4.28. The van der Waals surface area contributed by atoms with Crippen molar-refractivity contribution >= 4 is 16.9 Å². The molecule has 0 radical (unpaired) electrons. The van der Waals surface area contributed by atoms with Gasteiger partial charge in [-0.05, 0) is 49.1 Å². The number of aryl methyl sites for hydroxylation is 3. The van der Waals surface area contributed by atoms with E-state index in [-0.39, 0.29) is 5.91 Å². The van der Waals surface area contributed by atoms with Crippen molar-refractivity contribution in [3.8, 4) is 5.75 Å². The van der Waals surface area contributed by atoms with Gasteiger partial charge >= 0.3 is 0 Å². The van der Waals surface area contributed by atoms with Gasteiger partial charge in [0, 0.05) is 57.8 Å². The molecular formula is C24H31N5O2. The molecule has 0 spiro atoms. The first-order valence-electron chi connectivity index (χ1n) is 10.9. The first-order chi connectivity index (χ1) is 15.0. The molecule has 7 nitrogen and oxygen atoms in total. The largest absolute Gasteiger partial charge is 0.497 e. The van der Waals surface area contributed by atoms with E-state index in [1.807, 2.05) is 54.0 Å². The first-order valence-corrected chi connectivity index (χ1v) is 10.9. The van der Waals surface area contributed by atoms with E-state index in [0.717, 1.165) is 68.0 Å². The van der Waals surface area contributed by atoms with Gasteiger partial charge in [-0.1, -0.05) is 12.1 Å². The zero-order valence-corrected chi connectivity index (χ0v) is 18.7. The number of pyridine rings is 1. The van der Waals surface area contributed by atoms with E-state index in [2.05, 4.69) is 21.0 Å². The normalized spacial score (nSPS) is 15.3. The lowest BCUT2D eigenvalue weighted by molar-refractivity contribution is -0.131. The Morgan fingerprint density at radius 2 is 1.90 bits per heavy atom. The average molecular weight is 422 g/mol. The molecule has 2 aromatic heterocycles. The molecule has 1 saturated heterocycles. The van der Waals surface area contributed by atoms with Crippen LogP contribution in [0, 0.1) is 6.92 Å². The fraction of sp³-hybridized carbons (Fsp3) is 0.458. The Morgan fingerprint density at radius 3 is 2.68 bits per heavy atom. The van der Waals surface area contributed by atoms with Crippen LogP contribution in [-0.4, -0.2) is 63.8 Å². The molecule has 1 aliphatic heterocycles. The molecule has 1 amide bonds. The van der Waals surface area contributed by atoms with Crippen LogP contribution < -0.4 is 4.74 Å². The maximum Gasteiger partial charge on any atom is 0.222 e. The van der Waals surface area contributed by atoms with Crippen LogP contribution in [0.3, 0.4) is 0 Å². The van der Waals surface area contributed by atoms with Crippen molar-refractivity contribution in [2.24, 2.45) is 7.05 Å². The van der Waals surface area contributed by atoms with Crippen molar-refractivity contribution in [1.82, 2.24) is 24.6 Å². The number of ether oxygens (including phenoxy) is 1. The van der Waals surface area contributed by atoms with E-state index in [9.17, 15) is 4.79 Å². The third-order valence-corrected chi connectivity index (χ3v) is 6.05. The Morgan fingerprint density at radius 1 is 1.10 bits per heavy atom.